The van der Waals surface area contributed by atoms with Crippen LogP contribution in [0, 0.1) is 11.8 Å². The standard InChI is InChI=1S/C47H60O5/c1-6-8-37-19-20-41(27-36(37)7-2)43-24-23-42-28-40(21-22-44(42)29-43)38-15-11-34(12-16-38)9-10-35-13-17-39(18-14-35)45(31-52-46(49)32(3)4)25-26-51-47(50)33(5)30-48/h11-20,27,40,42-45,48H,3,5-10,21-26,28-31H2,1-2,4H3. The lowest BCUT2D eigenvalue weighted by Gasteiger charge is -2.42. The highest BCUT2D eigenvalue weighted by atomic mass is 16.5. The van der Waals surface area contributed by atoms with Gasteiger partial charge in [0.1, 0.15) is 0 Å². The van der Waals surface area contributed by atoms with Crippen molar-refractivity contribution in [1.29, 1.82) is 0 Å². The van der Waals surface area contributed by atoms with Gasteiger partial charge in [0, 0.05) is 11.5 Å². The highest BCUT2D eigenvalue weighted by Crippen LogP contribution is 2.50. The van der Waals surface area contributed by atoms with Crippen LogP contribution in [0.25, 0.3) is 0 Å². The van der Waals surface area contributed by atoms with Crippen LogP contribution in [0.15, 0.2) is 91.0 Å². The summed E-state index contributed by atoms with van der Waals surface area (Å²) in [5.74, 6) is 1.93. The summed E-state index contributed by atoms with van der Waals surface area (Å²) < 4.78 is 10.7. The van der Waals surface area contributed by atoms with Crippen molar-refractivity contribution in [2.75, 3.05) is 19.8 Å². The van der Waals surface area contributed by atoms with Crippen LogP contribution in [0.3, 0.4) is 0 Å². The summed E-state index contributed by atoms with van der Waals surface area (Å²) in [4.78, 5) is 24.0. The van der Waals surface area contributed by atoms with Crippen molar-refractivity contribution in [3.8, 4) is 0 Å². The minimum absolute atomic E-state index is 0.0131. The van der Waals surface area contributed by atoms with Crippen molar-refractivity contribution in [3.63, 3.8) is 0 Å². The lowest BCUT2D eigenvalue weighted by molar-refractivity contribution is -0.142. The van der Waals surface area contributed by atoms with E-state index < -0.39 is 18.5 Å². The van der Waals surface area contributed by atoms with Crippen molar-refractivity contribution in [1.82, 2.24) is 0 Å². The number of carbonyl (C=O) groups is 2. The largest absolute Gasteiger partial charge is 0.462 e. The van der Waals surface area contributed by atoms with Gasteiger partial charge in [0.05, 0.1) is 25.4 Å². The molecule has 5 heteroatoms. The van der Waals surface area contributed by atoms with Crippen LogP contribution in [0.1, 0.15) is 129 Å². The van der Waals surface area contributed by atoms with Crippen LogP contribution < -0.4 is 0 Å². The Labute approximate surface area is 312 Å². The van der Waals surface area contributed by atoms with E-state index in [9.17, 15) is 9.59 Å². The molecule has 0 radical (unpaired) electrons. The van der Waals surface area contributed by atoms with E-state index >= 15 is 0 Å². The molecule has 2 fully saturated rings. The van der Waals surface area contributed by atoms with Gasteiger partial charge in [0.15, 0.2) is 0 Å². The van der Waals surface area contributed by atoms with E-state index in [1.807, 2.05) is 0 Å². The van der Waals surface area contributed by atoms with E-state index in [0.29, 0.717) is 17.9 Å². The van der Waals surface area contributed by atoms with Gasteiger partial charge in [-0.1, -0.05) is 100 Å². The Morgan fingerprint density at radius 3 is 1.92 bits per heavy atom. The second kappa shape index (κ2) is 19.2. The van der Waals surface area contributed by atoms with Crippen molar-refractivity contribution in [3.05, 3.63) is 130 Å². The van der Waals surface area contributed by atoms with Crippen LogP contribution >= 0.6 is 0 Å². The normalized spacial score (nSPS) is 20.4. The number of esters is 2. The summed E-state index contributed by atoms with van der Waals surface area (Å²) in [7, 11) is 0. The number of ether oxygens (including phenoxy) is 2. The van der Waals surface area contributed by atoms with Crippen molar-refractivity contribution in [2.45, 2.75) is 116 Å². The third kappa shape index (κ3) is 10.6. The van der Waals surface area contributed by atoms with E-state index in [1.54, 1.807) is 23.6 Å². The average molecular weight is 705 g/mol. The highest BCUT2D eigenvalue weighted by molar-refractivity contribution is 5.88. The van der Waals surface area contributed by atoms with Gasteiger partial charge in [-0.2, -0.15) is 0 Å². The smallest absolute Gasteiger partial charge is 0.335 e. The quantitative estimate of drug-likeness (QED) is 0.112. The minimum atomic E-state index is -0.622. The van der Waals surface area contributed by atoms with Gasteiger partial charge in [-0.25, -0.2) is 9.59 Å². The Kier molecular flexibility index (Phi) is 14.5. The predicted octanol–water partition coefficient (Wildman–Crippen LogP) is 10.1. The topological polar surface area (TPSA) is 72.8 Å². The van der Waals surface area contributed by atoms with Gasteiger partial charge < -0.3 is 14.6 Å². The van der Waals surface area contributed by atoms with Crippen molar-refractivity contribution < 1.29 is 24.2 Å². The molecular formula is C47H60O5. The molecule has 0 bridgehead atoms. The summed E-state index contributed by atoms with van der Waals surface area (Å²) in [5.41, 5.74) is 10.2. The molecule has 0 heterocycles. The molecule has 0 spiro atoms. The number of hydrogen-bond acceptors (Lipinski definition) is 5. The fraction of sp³-hybridized carbons (Fsp3) is 0.489. The second-order valence-corrected chi connectivity index (χ2v) is 15.4. The molecule has 5 nitrogen and oxygen atoms in total. The van der Waals surface area contributed by atoms with Gasteiger partial charge in [-0.3, -0.25) is 0 Å². The molecular weight excluding hydrogens is 645 g/mol. The lowest BCUT2D eigenvalue weighted by Crippen LogP contribution is -2.29. The molecule has 2 aliphatic carbocycles. The minimum Gasteiger partial charge on any atom is -0.462 e. The number of benzene rings is 3. The van der Waals surface area contributed by atoms with E-state index in [-0.39, 0.29) is 24.7 Å². The number of aliphatic hydroxyl groups is 1. The molecule has 3 aromatic carbocycles. The Morgan fingerprint density at radius 1 is 0.750 bits per heavy atom. The monoisotopic (exact) mass is 704 g/mol. The average Bonchev–Trinajstić information content (AvgIpc) is 3.18. The first-order valence-corrected chi connectivity index (χ1v) is 19.8. The van der Waals surface area contributed by atoms with Gasteiger partial charge in [-0.05, 0) is 140 Å². The number of rotatable bonds is 17. The van der Waals surface area contributed by atoms with Gasteiger partial charge in [0.2, 0.25) is 0 Å². The number of aryl methyl sites for hydroxylation is 4. The molecule has 0 aromatic heterocycles. The number of aliphatic hydroxyl groups excluding tert-OH is 1. The first kappa shape index (κ1) is 39.3. The van der Waals surface area contributed by atoms with Crippen LogP contribution in [0.4, 0.5) is 0 Å². The summed E-state index contributed by atoms with van der Waals surface area (Å²) in [6, 6.07) is 25.3. The maximum Gasteiger partial charge on any atom is 0.335 e. The summed E-state index contributed by atoms with van der Waals surface area (Å²) in [5, 5.41) is 9.13. The molecule has 2 aliphatic rings. The molecule has 5 unspecified atom stereocenters. The molecule has 5 rings (SSSR count). The molecule has 52 heavy (non-hydrogen) atoms. The second-order valence-electron chi connectivity index (χ2n) is 15.4. The van der Waals surface area contributed by atoms with E-state index in [4.69, 9.17) is 14.6 Å². The number of carbonyl (C=O) groups excluding carboxylic acids is 2. The Hall–Kier alpha value is -3.96. The van der Waals surface area contributed by atoms with Crippen LogP contribution in [0.5, 0.6) is 0 Å². The van der Waals surface area contributed by atoms with E-state index in [1.165, 1.54) is 68.1 Å². The highest BCUT2D eigenvalue weighted by Gasteiger charge is 2.36. The fourth-order valence-corrected chi connectivity index (χ4v) is 8.54. The summed E-state index contributed by atoms with van der Waals surface area (Å²) in [6.07, 6.45) is 14.0. The number of fused-ring (bicyclic) bond motifs is 1. The first-order chi connectivity index (χ1) is 25.2. The lowest BCUT2D eigenvalue weighted by atomic mass is 9.63. The van der Waals surface area contributed by atoms with Crippen LogP contribution in [-0.2, 0) is 44.7 Å². The molecule has 3 aromatic rings. The first-order valence-electron chi connectivity index (χ1n) is 19.8. The van der Waals surface area contributed by atoms with Crippen LogP contribution in [-0.4, -0.2) is 36.9 Å². The molecule has 0 aliphatic heterocycles. The summed E-state index contributed by atoms with van der Waals surface area (Å²) >= 11 is 0. The zero-order chi connectivity index (χ0) is 37.0. The zero-order valence-corrected chi connectivity index (χ0v) is 31.8. The van der Waals surface area contributed by atoms with Gasteiger partial charge in [-0.15, -0.1) is 0 Å². The Bertz CT molecular complexity index is 1650. The number of hydrogen-bond donors (Lipinski definition) is 1. The van der Waals surface area contributed by atoms with E-state index in [0.717, 1.165) is 42.6 Å². The summed E-state index contributed by atoms with van der Waals surface area (Å²) in [6.45, 7) is 13.2. The SMILES string of the molecule is C=C(C)C(=O)OCC(CCOC(=O)C(=C)CO)c1ccc(CCc2ccc(C3CCC4CC(c5ccc(CCC)c(CC)c5)CCC4C3)cc2)cc1. The Morgan fingerprint density at radius 2 is 1.35 bits per heavy atom. The predicted molar refractivity (Wildman–Crippen MR) is 211 cm³/mol. The molecule has 2 saturated carbocycles. The maximum atomic E-state index is 12.1. The maximum absolute atomic E-state index is 12.1. The molecule has 278 valence electrons. The molecule has 0 saturated heterocycles. The Balaban J connectivity index is 1.11. The fourth-order valence-electron chi connectivity index (χ4n) is 8.54. The van der Waals surface area contributed by atoms with Gasteiger partial charge in [0.25, 0.3) is 0 Å². The van der Waals surface area contributed by atoms with E-state index in [2.05, 4.69) is 93.7 Å². The third-order valence-corrected chi connectivity index (χ3v) is 11.8. The zero-order valence-electron chi connectivity index (χ0n) is 31.8. The molecule has 0 amide bonds. The van der Waals surface area contributed by atoms with Crippen molar-refractivity contribution >= 4 is 11.9 Å². The van der Waals surface area contributed by atoms with Crippen molar-refractivity contribution in [2.24, 2.45) is 11.8 Å². The third-order valence-electron chi connectivity index (χ3n) is 11.8. The van der Waals surface area contributed by atoms with Gasteiger partial charge >= 0.3 is 11.9 Å². The molecule has 5 atom stereocenters. The van der Waals surface area contributed by atoms with Crippen LogP contribution in [0.2, 0.25) is 0 Å². The molecule has 1 N–H and O–H groups in total.